The summed E-state index contributed by atoms with van der Waals surface area (Å²) in [4.78, 5) is 24.2. The third kappa shape index (κ3) is 3.98. The van der Waals surface area contributed by atoms with E-state index in [1.807, 2.05) is 42.5 Å². The van der Waals surface area contributed by atoms with E-state index in [9.17, 15) is 9.59 Å². The van der Waals surface area contributed by atoms with Gasteiger partial charge in [-0.2, -0.15) is 0 Å². The summed E-state index contributed by atoms with van der Waals surface area (Å²) in [5.41, 5.74) is 6.89. The van der Waals surface area contributed by atoms with Crippen LogP contribution in [0.2, 0.25) is 5.02 Å². The van der Waals surface area contributed by atoms with Crippen LogP contribution in [0.4, 0.5) is 0 Å². The number of fused-ring (bicyclic) bond motifs is 1. The van der Waals surface area contributed by atoms with E-state index >= 15 is 0 Å². The van der Waals surface area contributed by atoms with Crippen LogP contribution in [0.25, 0.3) is 10.8 Å². The maximum atomic E-state index is 12.4. The molecule has 0 aliphatic carbocycles. The van der Waals surface area contributed by atoms with Gasteiger partial charge in [-0.05, 0) is 40.6 Å². The fraction of sp³-hybridized carbons (Fsp3) is 0.100. The minimum Gasteiger partial charge on any atom is -0.368 e. The predicted octanol–water partition coefficient (Wildman–Crippen LogP) is 3.32. The van der Waals surface area contributed by atoms with Gasteiger partial charge in [0, 0.05) is 17.0 Å². The Balaban J connectivity index is 1.83. The number of nitrogens with one attached hydrogen (secondary N) is 1. The Hall–Kier alpha value is -2.85. The van der Waals surface area contributed by atoms with Gasteiger partial charge in [0.15, 0.2) is 0 Å². The molecule has 0 unspecified atom stereocenters. The number of rotatable bonds is 5. The average molecular weight is 353 g/mol. The summed E-state index contributed by atoms with van der Waals surface area (Å²) in [5, 5.41) is 5.36. The highest BCUT2D eigenvalue weighted by Gasteiger charge is 2.20. The molecule has 126 valence electrons. The lowest BCUT2D eigenvalue weighted by atomic mass is 9.98. The molecule has 0 aliphatic heterocycles. The van der Waals surface area contributed by atoms with E-state index < -0.39 is 11.9 Å². The molecule has 0 aromatic heterocycles. The SMILES string of the molecule is NC(=O)[C@H](Cc1cccc2ccccc12)NC(=O)c1ccc(Cl)cc1. The lowest BCUT2D eigenvalue weighted by Crippen LogP contribution is -2.45. The van der Waals surface area contributed by atoms with Crippen molar-refractivity contribution in [2.45, 2.75) is 12.5 Å². The Bertz CT molecular complexity index is 917. The van der Waals surface area contributed by atoms with Gasteiger partial charge in [0.2, 0.25) is 5.91 Å². The van der Waals surface area contributed by atoms with Gasteiger partial charge in [-0.1, -0.05) is 54.1 Å². The molecule has 0 aliphatic rings. The first-order chi connectivity index (χ1) is 12.0. The van der Waals surface area contributed by atoms with E-state index in [2.05, 4.69) is 5.32 Å². The number of amides is 2. The number of primary amides is 1. The largest absolute Gasteiger partial charge is 0.368 e. The van der Waals surface area contributed by atoms with Gasteiger partial charge in [-0.15, -0.1) is 0 Å². The van der Waals surface area contributed by atoms with Gasteiger partial charge in [0.25, 0.3) is 5.91 Å². The zero-order valence-electron chi connectivity index (χ0n) is 13.4. The fourth-order valence-corrected chi connectivity index (χ4v) is 2.88. The van der Waals surface area contributed by atoms with Crippen LogP contribution in [0.1, 0.15) is 15.9 Å². The zero-order valence-corrected chi connectivity index (χ0v) is 14.2. The summed E-state index contributed by atoms with van der Waals surface area (Å²) in [6.45, 7) is 0. The number of benzene rings is 3. The second-order valence-electron chi connectivity index (χ2n) is 5.78. The molecule has 0 bridgehead atoms. The van der Waals surface area contributed by atoms with Crippen molar-refractivity contribution < 1.29 is 9.59 Å². The topological polar surface area (TPSA) is 72.2 Å². The van der Waals surface area contributed by atoms with Crippen molar-refractivity contribution in [1.82, 2.24) is 5.32 Å². The summed E-state index contributed by atoms with van der Waals surface area (Å²) in [6, 6.07) is 19.4. The highest BCUT2D eigenvalue weighted by Crippen LogP contribution is 2.20. The standard InChI is InChI=1S/C20H17ClN2O2/c21-16-10-8-14(9-11-16)20(25)23-18(19(22)24)12-15-6-3-5-13-4-1-2-7-17(13)15/h1-11,18H,12H2,(H2,22,24)(H,23,25)/t18-/m0/s1. The first kappa shape index (κ1) is 17.0. The highest BCUT2D eigenvalue weighted by molar-refractivity contribution is 6.30. The summed E-state index contributed by atoms with van der Waals surface area (Å²) in [6.07, 6.45) is 0.329. The Morgan fingerprint density at radius 1 is 0.960 bits per heavy atom. The number of carbonyl (C=O) groups is 2. The van der Waals surface area contributed by atoms with Crippen LogP contribution in [0.5, 0.6) is 0 Å². The molecular weight excluding hydrogens is 336 g/mol. The van der Waals surface area contributed by atoms with Crippen molar-refractivity contribution in [2.75, 3.05) is 0 Å². The predicted molar refractivity (Wildman–Crippen MR) is 99.6 cm³/mol. The van der Waals surface area contributed by atoms with Crippen molar-refractivity contribution in [3.63, 3.8) is 0 Å². The molecule has 25 heavy (non-hydrogen) atoms. The van der Waals surface area contributed by atoms with Crippen molar-refractivity contribution in [1.29, 1.82) is 0 Å². The number of nitrogens with two attached hydrogens (primary N) is 1. The fourth-order valence-electron chi connectivity index (χ4n) is 2.76. The zero-order chi connectivity index (χ0) is 17.8. The third-order valence-electron chi connectivity index (χ3n) is 4.06. The van der Waals surface area contributed by atoms with E-state index in [-0.39, 0.29) is 5.91 Å². The van der Waals surface area contributed by atoms with Gasteiger partial charge in [0.05, 0.1) is 0 Å². The molecule has 3 rings (SSSR count). The van der Waals surface area contributed by atoms with E-state index in [4.69, 9.17) is 17.3 Å². The molecule has 3 aromatic rings. The monoisotopic (exact) mass is 352 g/mol. The Kier molecular flexibility index (Phi) is 5.00. The first-order valence-corrected chi connectivity index (χ1v) is 8.25. The van der Waals surface area contributed by atoms with Gasteiger partial charge < -0.3 is 11.1 Å². The van der Waals surface area contributed by atoms with Gasteiger partial charge in [-0.25, -0.2) is 0 Å². The van der Waals surface area contributed by atoms with E-state index in [1.54, 1.807) is 24.3 Å². The Morgan fingerprint density at radius 3 is 2.36 bits per heavy atom. The molecule has 3 aromatic carbocycles. The van der Waals surface area contributed by atoms with Crippen LogP contribution in [-0.4, -0.2) is 17.9 Å². The number of hydrogen-bond acceptors (Lipinski definition) is 2. The second kappa shape index (κ2) is 7.36. The molecule has 0 saturated heterocycles. The molecule has 0 heterocycles. The lowest BCUT2D eigenvalue weighted by molar-refractivity contribution is -0.119. The molecule has 4 nitrogen and oxygen atoms in total. The second-order valence-corrected chi connectivity index (χ2v) is 6.21. The molecule has 5 heteroatoms. The molecule has 0 radical (unpaired) electrons. The number of hydrogen-bond donors (Lipinski definition) is 2. The van der Waals surface area contributed by atoms with Gasteiger partial charge in [-0.3, -0.25) is 9.59 Å². The summed E-state index contributed by atoms with van der Waals surface area (Å²) < 4.78 is 0. The van der Waals surface area contributed by atoms with Crippen LogP contribution in [0.15, 0.2) is 66.7 Å². The summed E-state index contributed by atoms with van der Waals surface area (Å²) >= 11 is 5.83. The first-order valence-electron chi connectivity index (χ1n) is 7.87. The third-order valence-corrected chi connectivity index (χ3v) is 4.31. The quantitative estimate of drug-likeness (QED) is 0.739. The number of halogens is 1. The van der Waals surface area contributed by atoms with Gasteiger partial charge >= 0.3 is 0 Å². The van der Waals surface area contributed by atoms with E-state index in [0.717, 1.165) is 16.3 Å². The normalized spacial score (nSPS) is 11.9. The van der Waals surface area contributed by atoms with E-state index in [0.29, 0.717) is 17.0 Å². The molecule has 2 amide bonds. The van der Waals surface area contributed by atoms with Crippen LogP contribution < -0.4 is 11.1 Å². The lowest BCUT2D eigenvalue weighted by Gasteiger charge is -2.17. The van der Waals surface area contributed by atoms with Gasteiger partial charge in [0.1, 0.15) is 6.04 Å². The molecule has 1 atom stereocenters. The Morgan fingerprint density at radius 2 is 1.64 bits per heavy atom. The minimum absolute atomic E-state index is 0.329. The maximum absolute atomic E-state index is 12.4. The molecule has 3 N–H and O–H groups in total. The maximum Gasteiger partial charge on any atom is 0.251 e. The smallest absolute Gasteiger partial charge is 0.251 e. The van der Waals surface area contributed by atoms with Crippen LogP contribution in [0.3, 0.4) is 0 Å². The van der Waals surface area contributed by atoms with Crippen molar-refractivity contribution in [3.8, 4) is 0 Å². The summed E-state index contributed by atoms with van der Waals surface area (Å²) in [7, 11) is 0. The molecule has 0 spiro atoms. The molecular formula is C20H17ClN2O2. The number of carbonyl (C=O) groups excluding carboxylic acids is 2. The molecule has 0 fully saturated rings. The Labute approximate surface area is 150 Å². The minimum atomic E-state index is -0.797. The van der Waals surface area contributed by atoms with Crippen LogP contribution >= 0.6 is 11.6 Å². The highest BCUT2D eigenvalue weighted by atomic mass is 35.5. The molecule has 0 saturated carbocycles. The van der Waals surface area contributed by atoms with Crippen LogP contribution in [0, 0.1) is 0 Å². The van der Waals surface area contributed by atoms with Crippen molar-refractivity contribution in [2.24, 2.45) is 5.73 Å². The van der Waals surface area contributed by atoms with E-state index in [1.165, 1.54) is 0 Å². The average Bonchev–Trinajstić information content (AvgIpc) is 2.61. The van der Waals surface area contributed by atoms with Crippen LogP contribution in [-0.2, 0) is 11.2 Å². The van der Waals surface area contributed by atoms with Crippen molar-refractivity contribution in [3.05, 3.63) is 82.9 Å². The van der Waals surface area contributed by atoms with Crippen molar-refractivity contribution >= 4 is 34.2 Å². The summed E-state index contributed by atoms with van der Waals surface area (Å²) in [5.74, 6) is -0.934.